The maximum absolute atomic E-state index is 14.6. The first kappa shape index (κ1) is 23.7. The van der Waals surface area contributed by atoms with Crippen LogP contribution in [0.5, 0.6) is 11.5 Å². The first-order valence-electron chi connectivity index (χ1n) is 10.3. The van der Waals surface area contributed by atoms with Crippen LogP contribution in [-0.4, -0.2) is 60.3 Å². The molecule has 13 heteroatoms. The summed E-state index contributed by atoms with van der Waals surface area (Å²) >= 11 is 0. The molecule has 1 aliphatic heterocycles. The number of hydrogen-bond acceptors (Lipinski definition) is 5. The van der Waals surface area contributed by atoms with Gasteiger partial charge < -0.3 is 25.1 Å². The van der Waals surface area contributed by atoms with E-state index in [4.69, 9.17) is 9.47 Å². The molecular weight excluding hydrogens is 465 g/mol. The molecule has 0 bridgehead atoms. The van der Waals surface area contributed by atoms with Gasteiger partial charge in [-0.1, -0.05) is 0 Å². The maximum Gasteiger partial charge on any atom is 0.418 e. The number of rotatable bonds is 6. The third kappa shape index (κ3) is 5.37. The quantitative estimate of drug-likeness (QED) is 0.458. The lowest BCUT2D eigenvalue weighted by Gasteiger charge is -2.26. The molecule has 1 aliphatic rings. The highest BCUT2D eigenvalue weighted by Crippen LogP contribution is 2.40. The molecule has 0 atom stereocenters. The minimum absolute atomic E-state index is 0.155. The summed E-state index contributed by atoms with van der Waals surface area (Å²) in [6, 6.07) is 2.01. The fourth-order valence-electron chi connectivity index (χ4n) is 3.50. The van der Waals surface area contributed by atoms with Gasteiger partial charge in [-0.05, 0) is 6.07 Å². The number of H-pyrrole nitrogens is 1. The molecule has 4 rings (SSSR count). The van der Waals surface area contributed by atoms with Gasteiger partial charge in [-0.3, -0.25) is 4.90 Å². The molecule has 1 aromatic carbocycles. The Morgan fingerprint density at radius 1 is 1.21 bits per heavy atom. The Morgan fingerprint density at radius 3 is 2.59 bits per heavy atom. The Hall–Kier alpha value is -3.45. The molecular formula is C21H20F5N5O3. The van der Waals surface area contributed by atoms with E-state index in [2.05, 4.69) is 25.5 Å². The van der Waals surface area contributed by atoms with Crippen LogP contribution in [0.3, 0.4) is 0 Å². The molecule has 3 N–H and O–H groups in total. The number of anilines is 1. The zero-order valence-electron chi connectivity index (χ0n) is 17.6. The Bertz CT molecular complexity index is 1150. The van der Waals surface area contributed by atoms with Crippen molar-refractivity contribution in [2.75, 3.05) is 44.7 Å². The monoisotopic (exact) mass is 485 g/mol. The highest BCUT2D eigenvalue weighted by molar-refractivity contribution is 5.89. The van der Waals surface area contributed by atoms with Crippen molar-refractivity contribution in [1.82, 2.24) is 20.2 Å². The molecule has 34 heavy (non-hydrogen) atoms. The largest absolute Gasteiger partial charge is 0.450 e. The number of carbonyl (C=O) groups is 1. The molecule has 0 spiro atoms. The first-order valence-corrected chi connectivity index (χ1v) is 10.3. The number of hydrogen-bond donors (Lipinski definition) is 3. The number of aromatic nitrogens is 2. The summed E-state index contributed by atoms with van der Waals surface area (Å²) in [7, 11) is 0. The summed E-state index contributed by atoms with van der Waals surface area (Å²) in [5, 5.41) is 4.44. The van der Waals surface area contributed by atoms with Crippen molar-refractivity contribution in [3.8, 4) is 11.5 Å². The van der Waals surface area contributed by atoms with Crippen molar-refractivity contribution in [1.29, 1.82) is 0 Å². The van der Waals surface area contributed by atoms with Crippen LogP contribution in [0.25, 0.3) is 11.0 Å². The lowest BCUT2D eigenvalue weighted by atomic mass is 10.2. The molecule has 0 unspecified atom stereocenters. The second-order valence-electron chi connectivity index (χ2n) is 7.44. The summed E-state index contributed by atoms with van der Waals surface area (Å²) < 4.78 is 79.5. The minimum Gasteiger partial charge on any atom is -0.450 e. The van der Waals surface area contributed by atoms with Crippen LogP contribution in [0.2, 0.25) is 0 Å². The van der Waals surface area contributed by atoms with Gasteiger partial charge in [-0.25, -0.2) is 18.6 Å². The van der Waals surface area contributed by atoms with E-state index >= 15 is 0 Å². The lowest BCUT2D eigenvalue weighted by Crippen LogP contribution is -2.42. The van der Waals surface area contributed by atoms with Gasteiger partial charge in [0.15, 0.2) is 17.4 Å². The number of ether oxygens (including phenoxy) is 2. The van der Waals surface area contributed by atoms with Gasteiger partial charge in [0, 0.05) is 56.4 Å². The van der Waals surface area contributed by atoms with Gasteiger partial charge in [0.05, 0.1) is 24.2 Å². The highest BCUT2D eigenvalue weighted by Gasteiger charge is 2.35. The van der Waals surface area contributed by atoms with E-state index in [1.807, 2.05) is 0 Å². The van der Waals surface area contributed by atoms with Crippen LogP contribution in [-0.2, 0) is 10.9 Å². The van der Waals surface area contributed by atoms with E-state index in [0.717, 1.165) is 37.5 Å². The molecule has 0 radical (unpaired) electrons. The summed E-state index contributed by atoms with van der Waals surface area (Å²) in [6.07, 6.45) is -2.90. The third-order valence-corrected chi connectivity index (χ3v) is 5.13. The fourth-order valence-corrected chi connectivity index (χ4v) is 3.50. The van der Waals surface area contributed by atoms with Gasteiger partial charge >= 0.3 is 12.2 Å². The number of fused-ring (bicyclic) bond motifs is 1. The molecule has 2 amide bonds. The van der Waals surface area contributed by atoms with E-state index in [1.54, 1.807) is 0 Å². The molecule has 2 aromatic heterocycles. The number of nitrogens with one attached hydrogen (secondary N) is 3. The predicted molar refractivity (Wildman–Crippen MR) is 112 cm³/mol. The highest BCUT2D eigenvalue weighted by atomic mass is 19.4. The average molecular weight is 485 g/mol. The van der Waals surface area contributed by atoms with Crippen LogP contribution >= 0.6 is 0 Å². The summed E-state index contributed by atoms with van der Waals surface area (Å²) in [6.45, 7) is 3.63. The van der Waals surface area contributed by atoms with E-state index in [1.165, 1.54) is 0 Å². The minimum atomic E-state index is -4.74. The number of morpholine rings is 1. The van der Waals surface area contributed by atoms with Crippen molar-refractivity contribution < 1.29 is 36.2 Å². The number of urea groups is 1. The Kier molecular flexibility index (Phi) is 6.84. The Morgan fingerprint density at radius 2 is 1.91 bits per heavy atom. The Balaban J connectivity index is 1.45. The number of nitrogens with zero attached hydrogens (tertiary/aromatic N) is 2. The number of amides is 2. The normalized spacial score (nSPS) is 14.9. The molecule has 0 aliphatic carbocycles. The summed E-state index contributed by atoms with van der Waals surface area (Å²) in [4.78, 5) is 20.3. The van der Waals surface area contributed by atoms with Crippen LogP contribution in [0.4, 0.5) is 32.4 Å². The van der Waals surface area contributed by atoms with Crippen molar-refractivity contribution >= 4 is 22.8 Å². The summed E-state index contributed by atoms with van der Waals surface area (Å²) in [5.41, 5.74) is -1.43. The number of halogens is 5. The van der Waals surface area contributed by atoms with E-state index in [9.17, 15) is 26.7 Å². The molecule has 3 heterocycles. The third-order valence-electron chi connectivity index (χ3n) is 5.13. The SMILES string of the molecule is O=C(NCCN1CCOCC1)Nc1cc(F)c(Oc2ccnc3[nH]cc(C(F)(F)F)c23)c(F)c1. The van der Waals surface area contributed by atoms with Crippen molar-refractivity contribution in [3.05, 3.63) is 47.8 Å². The van der Waals surface area contributed by atoms with Gasteiger partial charge in [0.1, 0.15) is 11.4 Å². The van der Waals surface area contributed by atoms with Gasteiger partial charge in [0.25, 0.3) is 0 Å². The molecule has 182 valence electrons. The molecule has 3 aromatic rings. The number of aromatic amines is 1. The maximum atomic E-state index is 14.6. The Labute approximate surface area is 190 Å². The van der Waals surface area contributed by atoms with Crippen LogP contribution in [0, 0.1) is 11.6 Å². The second kappa shape index (κ2) is 9.81. The van der Waals surface area contributed by atoms with Gasteiger partial charge in [0.2, 0.25) is 0 Å². The van der Waals surface area contributed by atoms with E-state index < -0.39 is 46.3 Å². The number of benzene rings is 1. The molecule has 0 saturated carbocycles. The fraction of sp³-hybridized carbons (Fsp3) is 0.333. The number of pyridine rings is 1. The van der Waals surface area contributed by atoms with Gasteiger partial charge in [-0.2, -0.15) is 13.2 Å². The molecule has 8 nitrogen and oxygen atoms in total. The number of carbonyl (C=O) groups excluding carboxylic acids is 1. The predicted octanol–water partition coefficient (Wildman–Crippen LogP) is 4.11. The van der Waals surface area contributed by atoms with Crippen LogP contribution < -0.4 is 15.4 Å². The second-order valence-corrected chi connectivity index (χ2v) is 7.44. The van der Waals surface area contributed by atoms with Crippen molar-refractivity contribution in [3.63, 3.8) is 0 Å². The van der Waals surface area contributed by atoms with Gasteiger partial charge in [-0.15, -0.1) is 0 Å². The van der Waals surface area contributed by atoms with E-state index in [0.29, 0.717) is 32.5 Å². The topological polar surface area (TPSA) is 91.5 Å². The number of alkyl halides is 3. The van der Waals surface area contributed by atoms with Crippen LogP contribution in [0.15, 0.2) is 30.6 Å². The zero-order valence-corrected chi connectivity index (χ0v) is 17.6. The smallest absolute Gasteiger partial charge is 0.418 e. The van der Waals surface area contributed by atoms with E-state index in [-0.39, 0.29) is 11.3 Å². The zero-order chi connectivity index (χ0) is 24.3. The van der Waals surface area contributed by atoms with Crippen molar-refractivity contribution in [2.45, 2.75) is 6.18 Å². The average Bonchev–Trinajstić information content (AvgIpc) is 3.23. The lowest BCUT2D eigenvalue weighted by molar-refractivity contribution is -0.136. The van der Waals surface area contributed by atoms with Crippen LogP contribution in [0.1, 0.15) is 5.56 Å². The summed E-state index contributed by atoms with van der Waals surface area (Å²) in [5.74, 6) is -3.77. The molecule has 1 saturated heterocycles. The van der Waals surface area contributed by atoms with Crippen molar-refractivity contribution in [2.24, 2.45) is 0 Å². The standard InChI is InChI=1S/C21H20F5N5O3/c22-14-9-12(30-20(32)28-3-4-31-5-7-33-8-6-31)10-15(23)18(14)34-16-1-2-27-19-17(16)13(11-29-19)21(24,25)26/h1-2,9-11H,3-8H2,(H,27,29)(H2,28,30,32). The molecule has 1 fully saturated rings. The first-order chi connectivity index (χ1) is 16.2.